The molecule has 0 saturated heterocycles. The van der Waals surface area contributed by atoms with Gasteiger partial charge in [0.1, 0.15) is 5.75 Å². The number of aliphatic hydroxyl groups is 1. The second-order valence-electron chi connectivity index (χ2n) is 8.71. The van der Waals surface area contributed by atoms with Crippen LogP contribution in [0.3, 0.4) is 0 Å². The summed E-state index contributed by atoms with van der Waals surface area (Å²) < 4.78 is 0. The molecule has 1 aliphatic carbocycles. The zero-order chi connectivity index (χ0) is 24.8. The molecule has 4 rings (SSSR count). The van der Waals surface area contributed by atoms with Gasteiger partial charge in [0.05, 0.1) is 24.6 Å². The van der Waals surface area contributed by atoms with E-state index in [2.05, 4.69) is 5.32 Å². The number of hydrogen-bond acceptors (Lipinski definition) is 6. The largest absolute Gasteiger partial charge is 0.508 e. The van der Waals surface area contributed by atoms with Crippen LogP contribution in [0.15, 0.2) is 78.9 Å². The molecule has 0 spiro atoms. The summed E-state index contributed by atoms with van der Waals surface area (Å²) in [5.74, 6) is -1.03. The van der Waals surface area contributed by atoms with E-state index in [1.165, 1.54) is 0 Å². The number of aromatic hydroxyl groups is 1. The van der Waals surface area contributed by atoms with E-state index < -0.39 is 30.0 Å². The molecule has 3 aromatic carbocycles. The van der Waals surface area contributed by atoms with Crippen LogP contribution >= 0.6 is 0 Å². The molecule has 35 heavy (non-hydrogen) atoms. The van der Waals surface area contributed by atoms with Crippen molar-refractivity contribution in [2.24, 2.45) is 0 Å². The van der Waals surface area contributed by atoms with Crippen LogP contribution in [0.1, 0.15) is 34.7 Å². The number of hydroxylamine groups is 1. The lowest BCUT2D eigenvalue weighted by atomic mass is 10.0. The Bertz CT molecular complexity index is 1170. The number of phenolic OH excluding ortho intramolecular Hbond substituents is 1. The van der Waals surface area contributed by atoms with E-state index in [-0.39, 0.29) is 18.7 Å². The number of amides is 2. The summed E-state index contributed by atoms with van der Waals surface area (Å²) in [5.41, 5.74) is 5.03. The quantitative estimate of drug-likeness (QED) is 0.239. The van der Waals surface area contributed by atoms with E-state index in [0.29, 0.717) is 18.5 Å². The number of carbonyl (C=O) groups is 2. The lowest BCUT2D eigenvalue weighted by Crippen LogP contribution is -2.50. The molecule has 0 heterocycles. The standard InChI is InChI=1S/C27H29N3O5/c31-21-11-6-9-19(13-21)17-30(26-22-12-5-4-10-20(22)14-24(26)32)27(34)23(15-25(33)29-35)28-16-18-7-2-1-3-8-18/h1-13,23-24,26,28,31-32,35H,14-17H2,(H,29,33)/t23-,24-,26+/m1/s1. The van der Waals surface area contributed by atoms with Gasteiger partial charge >= 0.3 is 0 Å². The first-order chi connectivity index (χ1) is 17.0. The highest BCUT2D eigenvalue weighted by molar-refractivity contribution is 5.88. The summed E-state index contributed by atoms with van der Waals surface area (Å²) >= 11 is 0. The van der Waals surface area contributed by atoms with E-state index in [1.54, 1.807) is 34.6 Å². The number of nitrogens with one attached hydrogen (secondary N) is 2. The van der Waals surface area contributed by atoms with Gasteiger partial charge in [-0.25, -0.2) is 5.48 Å². The fourth-order valence-corrected chi connectivity index (χ4v) is 4.61. The normalized spacial score (nSPS) is 17.4. The summed E-state index contributed by atoms with van der Waals surface area (Å²) in [4.78, 5) is 27.6. The lowest BCUT2D eigenvalue weighted by Gasteiger charge is -2.35. The Morgan fingerprint density at radius 3 is 2.43 bits per heavy atom. The molecule has 0 aromatic heterocycles. The number of benzene rings is 3. The van der Waals surface area contributed by atoms with Gasteiger partial charge in [-0.1, -0.05) is 66.7 Å². The van der Waals surface area contributed by atoms with E-state index in [4.69, 9.17) is 5.21 Å². The topological polar surface area (TPSA) is 122 Å². The monoisotopic (exact) mass is 475 g/mol. The molecule has 0 fully saturated rings. The Balaban J connectivity index is 1.67. The minimum atomic E-state index is -0.959. The molecule has 0 aliphatic heterocycles. The highest BCUT2D eigenvalue weighted by Crippen LogP contribution is 2.37. The molecule has 1 aliphatic rings. The third-order valence-electron chi connectivity index (χ3n) is 6.26. The molecule has 2 amide bonds. The van der Waals surface area contributed by atoms with Crippen LogP contribution in [-0.4, -0.2) is 44.3 Å². The first-order valence-corrected chi connectivity index (χ1v) is 11.5. The fraction of sp³-hybridized carbons (Fsp3) is 0.259. The first kappa shape index (κ1) is 24.4. The maximum absolute atomic E-state index is 14.0. The highest BCUT2D eigenvalue weighted by atomic mass is 16.5. The van der Waals surface area contributed by atoms with Gasteiger partial charge in [-0.05, 0) is 34.4 Å². The smallest absolute Gasteiger partial charge is 0.245 e. The molecule has 5 N–H and O–H groups in total. The number of hydrogen-bond donors (Lipinski definition) is 5. The van der Waals surface area contributed by atoms with Gasteiger partial charge in [-0.3, -0.25) is 14.8 Å². The number of nitrogens with zero attached hydrogens (tertiary/aromatic N) is 1. The van der Waals surface area contributed by atoms with Crippen LogP contribution in [0.2, 0.25) is 0 Å². The predicted molar refractivity (Wildman–Crippen MR) is 129 cm³/mol. The van der Waals surface area contributed by atoms with Crippen LogP contribution < -0.4 is 10.8 Å². The first-order valence-electron chi connectivity index (χ1n) is 11.5. The van der Waals surface area contributed by atoms with Crippen molar-refractivity contribution < 1.29 is 25.0 Å². The minimum Gasteiger partial charge on any atom is -0.508 e. The minimum absolute atomic E-state index is 0.0701. The highest BCUT2D eigenvalue weighted by Gasteiger charge is 2.40. The van der Waals surface area contributed by atoms with Crippen molar-refractivity contribution in [2.45, 2.75) is 44.1 Å². The van der Waals surface area contributed by atoms with Crippen molar-refractivity contribution in [3.63, 3.8) is 0 Å². The Labute approximate surface area is 203 Å². The van der Waals surface area contributed by atoms with Crippen molar-refractivity contribution in [2.75, 3.05) is 0 Å². The molecule has 3 atom stereocenters. The molecule has 0 radical (unpaired) electrons. The van der Waals surface area contributed by atoms with Gasteiger partial charge in [0.25, 0.3) is 0 Å². The molecule has 8 heteroatoms. The van der Waals surface area contributed by atoms with Gasteiger partial charge < -0.3 is 20.4 Å². The van der Waals surface area contributed by atoms with Crippen molar-refractivity contribution in [1.82, 2.24) is 15.7 Å². The SMILES string of the molecule is O=C(C[C@@H](NCc1ccccc1)C(=O)N(Cc1cccc(O)c1)[C@H]1c2ccccc2C[C@H]1O)NO. The molecular formula is C27H29N3O5. The maximum Gasteiger partial charge on any atom is 0.245 e. The van der Waals surface area contributed by atoms with Gasteiger partial charge in [0, 0.05) is 19.5 Å². The number of phenols is 1. The van der Waals surface area contributed by atoms with Crippen LogP contribution in [0.5, 0.6) is 5.75 Å². The number of rotatable bonds is 9. The third kappa shape index (κ3) is 5.86. The summed E-state index contributed by atoms with van der Waals surface area (Å²) in [6.07, 6.45) is -0.706. The van der Waals surface area contributed by atoms with E-state index in [1.807, 2.05) is 54.6 Å². The number of carbonyl (C=O) groups excluding carboxylic acids is 2. The third-order valence-corrected chi connectivity index (χ3v) is 6.26. The van der Waals surface area contributed by atoms with Crippen LogP contribution in [-0.2, 0) is 29.1 Å². The Hall–Kier alpha value is -3.72. The van der Waals surface area contributed by atoms with Gasteiger partial charge in [0.15, 0.2) is 0 Å². The average molecular weight is 476 g/mol. The molecule has 182 valence electrons. The van der Waals surface area contributed by atoms with Gasteiger partial charge in [-0.2, -0.15) is 0 Å². The van der Waals surface area contributed by atoms with Gasteiger partial charge in [0.2, 0.25) is 11.8 Å². The number of fused-ring (bicyclic) bond motifs is 1. The average Bonchev–Trinajstić information content (AvgIpc) is 3.20. The predicted octanol–water partition coefficient (Wildman–Crippen LogP) is 2.43. The maximum atomic E-state index is 14.0. The second-order valence-corrected chi connectivity index (χ2v) is 8.71. The molecule has 3 aromatic rings. The van der Waals surface area contributed by atoms with Crippen LogP contribution in [0.4, 0.5) is 0 Å². The van der Waals surface area contributed by atoms with Crippen molar-refractivity contribution in [3.8, 4) is 5.75 Å². The molecule has 8 nitrogen and oxygen atoms in total. The fourth-order valence-electron chi connectivity index (χ4n) is 4.61. The molecular weight excluding hydrogens is 446 g/mol. The Morgan fingerprint density at radius 2 is 1.69 bits per heavy atom. The summed E-state index contributed by atoms with van der Waals surface area (Å²) in [7, 11) is 0. The molecule has 0 bridgehead atoms. The molecule has 0 unspecified atom stereocenters. The lowest BCUT2D eigenvalue weighted by molar-refractivity contribution is -0.142. The Kier molecular flexibility index (Phi) is 7.77. The van der Waals surface area contributed by atoms with Crippen LogP contribution in [0, 0.1) is 0 Å². The zero-order valence-electron chi connectivity index (χ0n) is 19.2. The van der Waals surface area contributed by atoms with Crippen molar-refractivity contribution >= 4 is 11.8 Å². The van der Waals surface area contributed by atoms with Crippen molar-refractivity contribution in [1.29, 1.82) is 0 Å². The summed E-state index contributed by atoms with van der Waals surface area (Å²) in [5, 5.41) is 33.2. The van der Waals surface area contributed by atoms with Gasteiger partial charge in [-0.15, -0.1) is 0 Å². The molecule has 0 saturated carbocycles. The second kappa shape index (κ2) is 11.1. The summed E-state index contributed by atoms with van der Waals surface area (Å²) in [6.45, 7) is 0.452. The van der Waals surface area contributed by atoms with Crippen LogP contribution in [0.25, 0.3) is 0 Å². The summed E-state index contributed by atoms with van der Waals surface area (Å²) in [6, 6.07) is 22.1. The van der Waals surface area contributed by atoms with E-state index >= 15 is 0 Å². The van der Waals surface area contributed by atoms with E-state index in [9.17, 15) is 19.8 Å². The Morgan fingerprint density at radius 1 is 0.971 bits per heavy atom. The van der Waals surface area contributed by atoms with E-state index in [0.717, 1.165) is 16.7 Å². The number of aliphatic hydroxyl groups excluding tert-OH is 1. The zero-order valence-corrected chi connectivity index (χ0v) is 19.2. The van der Waals surface area contributed by atoms with Crippen molar-refractivity contribution in [3.05, 3.63) is 101 Å².